The number of carbonyl (C=O) groups excluding carboxylic acids is 1. The van der Waals surface area contributed by atoms with Crippen LogP contribution in [-0.4, -0.2) is 33.3 Å². The van der Waals surface area contributed by atoms with E-state index >= 15 is 0 Å². The monoisotopic (exact) mass is 332 g/mol. The highest BCUT2D eigenvalue weighted by atomic mass is 35.5. The number of nitrogens with one attached hydrogen (secondary N) is 1. The van der Waals surface area contributed by atoms with Gasteiger partial charge in [0.2, 0.25) is 11.7 Å². The lowest BCUT2D eigenvalue weighted by atomic mass is 10.0. The number of carbonyl (C=O) groups is 1. The van der Waals surface area contributed by atoms with Crippen LogP contribution in [0.25, 0.3) is 0 Å². The highest BCUT2D eigenvalue weighted by Gasteiger charge is 2.18. The van der Waals surface area contributed by atoms with Gasteiger partial charge < -0.3 is 25.3 Å². The van der Waals surface area contributed by atoms with Crippen molar-refractivity contribution in [3.8, 4) is 17.2 Å². The summed E-state index contributed by atoms with van der Waals surface area (Å²) in [7, 11) is 4.57. The first-order valence-electron chi connectivity index (χ1n) is 6.79. The molecule has 1 aromatic rings. The Morgan fingerprint density at radius 3 is 2.00 bits per heavy atom. The Bertz CT molecular complexity index is 469. The summed E-state index contributed by atoms with van der Waals surface area (Å²) in [6.45, 7) is 4.04. The van der Waals surface area contributed by atoms with Crippen molar-refractivity contribution in [1.29, 1.82) is 0 Å². The van der Waals surface area contributed by atoms with Crippen LogP contribution in [0.3, 0.4) is 0 Å². The summed E-state index contributed by atoms with van der Waals surface area (Å²) in [5.74, 6) is 1.54. The molecular weight excluding hydrogens is 308 g/mol. The molecule has 1 aromatic carbocycles. The largest absolute Gasteiger partial charge is 0.493 e. The van der Waals surface area contributed by atoms with Gasteiger partial charge in [0.05, 0.1) is 27.4 Å². The molecule has 0 radical (unpaired) electrons. The van der Waals surface area contributed by atoms with Crippen LogP contribution in [-0.2, 0) is 4.79 Å². The van der Waals surface area contributed by atoms with Crippen molar-refractivity contribution in [2.45, 2.75) is 26.3 Å². The maximum atomic E-state index is 12.1. The van der Waals surface area contributed by atoms with Gasteiger partial charge in [-0.2, -0.15) is 0 Å². The second kappa shape index (κ2) is 9.38. The van der Waals surface area contributed by atoms with Crippen LogP contribution >= 0.6 is 12.4 Å². The molecule has 0 heterocycles. The number of methoxy groups -OCH3 is 3. The Morgan fingerprint density at radius 1 is 1.14 bits per heavy atom. The first-order valence-corrected chi connectivity index (χ1v) is 6.79. The van der Waals surface area contributed by atoms with E-state index in [9.17, 15) is 4.79 Å². The molecule has 1 atom stereocenters. The summed E-state index contributed by atoms with van der Waals surface area (Å²) in [6.07, 6.45) is 0.621. The summed E-state index contributed by atoms with van der Waals surface area (Å²) in [6, 6.07) is 2.78. The molecule has 0 aliphatic heterocycles. The van der Waals surface area contributed by atoms with Crippen molar-refractivity contribution in [2.75, 3.05) is 26.6 Å². The molecule has 0 saturated heterocycles. The maximum Gasteiger partial charge on any atom is 0.241 e. The van der Waals surface area contributed by atoms with Crippen molar-refractivity contribution in [3.63, 3.8) is 0 Å². The predicted octanol–water partition coefficient (Wildman–Crippen LogP) is 2.45. The third kappa shape index (κ3) is 5.27. The van der Waals surface area contributed by atoms with E-state index in [1.54, 1.807) is 12.1 Å². The van der Waals surface area contributed by atoms with Gasteiger partial charge in [-0.15, -0.1) is 12.4 Å². The standard InChI is InChI=1S/C15H24N2O4.ClH/c1-9(2)6-11(16)15(18)17-10-7-12(19-3)14(21-5)13(8-10)20-4;/h7-9,11H,6,16H2,1-5H3,(H,17,18);1H/t11-;/m0./s1. The van der Waals surface area contributed by atoms with Crippen LogP contribution in [0.15, 0.2) is 12.1 Å². The average molecular weight is 333 g/mol. The number of amides is 1. The number of hydrogen-bond acceptors (Lipinski definition) is 5. The molecule has 0 fully saturated rings. The molecule has 0 aromatic heterocycles. The lowest BCUT2D eigenvalue weighted by Crippen LogP contribution is -2.36. The van der Waals surface area contributed by atoms with Crippen molar-refractivity contribution in [3.05, 3.63) is 12.1 Å². The van der Waals surface area contributed by atoms with Gasteiger partial charge in [-0.05, 0) is 12.3 Å². The summed E-state index contributed by atoms with van der Waals surface area (Å²) < 4.78 is 15.7. The van der Waals surface area contributed by atoms with Gasteiger partial charge in [0.15, 0.2) is 11.5 Å². The first kappa shape index (κ1) is 20.3. The van der Waals surface area contributed by atoms with Crippen molar-refractivity contribution in [2.24, 2.45) is 11.7 Å². The van der Waals surface area contributed by atoms with Crippen molar-refractivity contribution >= 4 is 24.0 Å². The van der Waals surface area contributed by atoms with Crippen molar-refractivity contribution in [1.82, 2.24) is 0 Å². The van der Waals surface area contributed by atoms with Crippen LogP contribution in [0.4, 0.5) is 5.69 Å². The summed E-state index contributed by atoms with van der Waals surface area (Å²) in [4.78, 5) is 12.1. The molecule has 1 rings (SSSR count). The minimum absolute atomic E-state index is 0. The molecule has 1 amide bonds. The zero-order valence-electron chi connectivity index (χ0n) is 13.6. The van der Waals surface area contributed by atoms with Gasteiger partial charge in [0, 0.05) is 17.8 Å². The summed E-state index contributed by atoms with van der Waals surface area (Å²) in [5, 5.41) is 2.77. The molecule has 0 saturated carbocycles. The van der Waals surface area contributed by atoms with Gasteiger partial charge in [-0.1, -0.05) is 13.8 Å². The fourth-order valence-corrected chi connectivity index (χ4v) is 2.00. The minimum Gasteiger partial charge on any atom is -0.493 e. The average Bonchev–Trinajstić information content (AvgIpc) is 2.45. The van der Waals surface area contributed by atoms with Crippen LogP contribution in [0.1, 0.15) is 20.3 Å². The Labute approximate surface area is 137 Å². The Hall–Kier alpha value is -1.66. The lowest BCUT2D eigenvalue weighted by molar-refractivity contribution is -0.117. The number of rotatable bonds is 7. The number of anilines is 1. The first-order chi connectivity index (χ1) is 9.92. The molecule has 0 aliphatic carbocycles. The topological polar surface area (TPSA) is 82.8 Å². The van der Waals surface area contributed by atoms with Crippen molar-refractivity contribution < 1.29 is 19.0 Å². The molecule has 22 heavy (non-hydrogen) atoms. The molecule has 6 nitrogen and oxygen atoms in total. The Balaban J connectivity index is 0.00000441. The van der Waals surface area contributed by atoms with Crippen LogP contribution in [0.5, 0.6) is 17.2 Å². The molecule has 7 heteroatoms. The second-order valence-electron chi connectivity index (χ2n) is 5.14. The maximum absolute atomic E-state index is 12.1. The molecule has 0 aliphatic rings. The van der Waals surface area contributed by atoms with Crippen LogP contribution in [0.2, 0.25) is 0 Å². The number of halogens is 1. The second-order valence-corrected chi connectivity index (χ2v) is 5.14. The Kier molecular flexibility index (Phi) is 8.67. The van der Waals surface area contributed by atoms with Crippen LogP contribution in [0, 0.1) is 5.92 Å². The number of nitrogens with two attached hydrogens (primary N) is 1. The van der Waals surface area contributed by atoms with Gasteiger partial charge in [-0.25, -0.2) is 0 Å². The zero-order valence-corrected chi connectivity index (χ0v) is 14.5. The van der Waals surface area contributed by atoms with E-state index in [1.165, 1.54) is 21.3 Å². The molecule has 0 bridgehead atoms. The van der Waals surface area contributed by atoms with E-state index in [0.29, 0.717) is 35.3 Å². The van der Waals surface area contributed by atoms with E-state index in [0.717, 1.165) is 0 Å². The van der Waals surface area contributed by atoms with Gasteiger partial charge in [0.1, 0.15) is 0 Å². The quantitative estimate of drug-likeness (QED) is 0.801. The van der Waals surface area contributed by atoms with E-state index in [2.05, 4.69) is 5.32 Å². The molecule has 0 unspecified atom stereocenters. The highest BCUT2D eigenvalue weighted by molar-refractivity contribution is 5.95. The fraction of sp³-hybridized carbons (Fsp3) is 0.533. The van der Waals surface area contributed by atoms with Gasteiger partial charge in [0.25, 0.3) is 0 Å². The number of hydrogen-bond donors (Lipinski definition) is 2. The zero-order chi connectivity index (χ0) is 16.0. The number of benzene rings is 1. The summed E-state index contributed by atoms with van der Waals surface area (Å²) in [5.41, 5.74) is 6.41. The third-order valence-corrected chi connectivity index (χ3v) is 2.99. The third-order valence-electron chi connectivity index (χ3n) is 2.99. The predicted molar refractivity (Wildman–Crippen MR) is 89.4 cm³/mol. The normalized spacial score (nSPS) is 11.4. The summed E-state index contributed by atoms with van der Waals surface area (Å²) >= 11 is 0. The van der Waals surface area contributed by atoms with E-state index in [-0.39, 0.29) is 18.3 Å². The van der Waals surface area contributed by atoms with E-state index < -0.39 is 6.04 Å². The molecule has 3 N–H and O–H groups in total. The molecule has 0 spiro atoms. The SMILES string of the molecule is COc1cc(NC(=O)[C@@H](N)CC(C)C)cc(OC)c1OC.Cl. The Morgan fingerprint density at radius 2 is 1.64 bits per heavy atom. The molecule has 126 valence electrons. The number of ether oxygens (including phenoxy) is 3. The smallest absolute Gasteiger partial charge is 0.241 e. The van der Waals surface area contributed by atoms with Gasteiger partial charge in [-0.3, -0.25) is 4.79 Å². The highest BCUT2D eigenvalue weighted by Crippen LogP contribution is 2.39. The lowest BCUT2D eigenvalue weighted by Gasteiger charge is -2.17. The van der Waals surface area contributed by atoms with Gasteiger partial charge >= 0.3 is 0 Å². The fourth-order valence-electron chi connectivity index (χ4n) is 2.00. The molecular formula is C15H25ClN2O4. The minimum atomic E-state index is -0.552. The van der Waals surface area contributed by atoms with E-state index in [1.807, 2.05) is 13.8 Å². The van der Waals surface area contributed by atoms with Crippen LogP contribution < -0.4 is 25.3 Å². The van der Waals surface area contributed by atoms with E-state index in [4.69, 9.17) is 19.9 Å².